The first kappa shape index (κ1) is 16.8. The van der Waals surface area contributed by atoms with Gasteiger partial charge < -0.3 is 10.1 Å². The van der Waals surface area contributed by atoms with Crippen molar-refractivity contribution in [3.63, 3.8) is 0 Å². The Kier molecular flexibility index (Phi) is 4.71. The molecule has 2 bridgehead atoms. The van der Waals surface area contributed by atoms with Crippen molar-refractivity contribution in [2.45, 2.75) is 77.9 Å². The predicted octanol–water partition coefficient (Wildman–Crippen LogP) is 3.89. The van der Waals surface area contributed by atoms with E-state index in [-0.39, 0.29) is 5.54 Å². The van der Waals surface area contributed by atoms with E-state index in [0.29, 0.717) is 16.9 Å². The van der Waals surface area contributed by atoms with Gasteiger partial charge in [-0.15, -0.1) is 0 Å². The van der Waals surface area contributed by atoms with Crippen LogP contribution in [0.25, 0.3) is 0 Å². The molecule has 0 aliphatic heterocycles. The fraction of sp³-hybridized carbons (Fsp3) is 0.944. The predicted molar refractivity (Wildman–Crippen MR) is 85.9 cm³/mol. The Bertz CT molecular complexity index is 414. The molecule has 21 heavy (non-hydrogen) atoms. The molecule has 0 saturated heterocycles. The zero-order chi connectivity index (χ0) is 15.7. The highest BCUT2D eigenvalue weighted by Crippen LogP contribution is 2.66. The molecule has 3 nitrogen and oxygen atoms in total. The SMILES string of the molecule is CNC(C)(C#N)CCCCOC1CC2CCC1(C)C2(C)C. The molecule has 0 aromatic rings. The molecule has 4 unspecified atom stereocenters. The molecule has 120 valence electrons. The van der Waals surface area contributed by atoms with Gasteiger partial charge in [0, 0.05) is 6.61 Å². The van der Waals surface area contributed by atoms with E-state index >= 15 is 0 Å². The third-order valence-corrected chi connectivity index (χ3v) is 6.90. The van der Waals surface area contributed by atoms with Gasteiger partial charge in [0.2, 0.25) is 0 Å². The van der Waals surface area contributed by atoms with Crippen LogP contribution in [-0.2, 0) is 4.74 Å². The van der Waals surface area contributed by atoms with Crippen LogP contribution < -0.4 is 5.32 Å². The molecule has 1 N–H and O–H groups in total. The molecule has 0 aromatic heterocycles. The summed E-state index contributed by atoms with van der Waals surface area (Å²) in [6.45, 7) is 10.1. The van der Waals surface area contributed by atoms with E-state index in [4.69, 9.17) is 10.00 Å². The van der Waals surface area contributed by atoms with Gasteiger partial charge in [-0.25, -0.2) is 0 Å². The number of fused-ring (bicyclic) bond motifs is 2. The van der Waals surface area contributed by atoms with E-state index in [2.05, 4.69) is 32.2 Å². The summed E-state index contributed by atoms with van der Waals surface area (Å²) in [6, 6.07) is 2.35. The van der Waals surface area contributed by atoms with Crippen molar-refractivity contribution < 1.29 is 4.74 Å². The average Bonchev–Trinajstić information content (AvgIpc) is 2.79. The van der Waals surface area contributed by atoms with Crippen LogP contribution in [-0.4, -0.2) is 25.3 Å². The summed E-state index contributed by atoms with van der Waals surface area (Å²) in [7, 11) is 1.86. The minimum absolute atomic E-state index is 0.365. The largest absolute Gasteiger partial charge is 0.378 e. The van der Waals surface area contributed by atoms with Gasteiger partial charge >= 0.3 is 0 Å². The van der Waals surface area contributed by atoms with Gasteiger partial charge in [0.15, 0.2) is 0 Å². The van der Waals surface area contributed by atoms with E-state index in [1.807, 2.05) is 14.0 Å². The third-order valence-electron chi connectivity index (χ3n) is 6.90. The lowest BCUT2D eigenvalue weighted by Gasteiger charge is -2.39. The number of ether oxygens (including phenoxy) is 1. The number of hydrogen-bond acceptors (Lipinski definition) is 3. The number of nitriles is 1. The van der Waals surface area contributed by atoms with Crippen LogP contribution in [0.5, 0.6) is 0 Å². The Morgan fingerprint density at radius 1 is 1.33 bits per heavy atom. The molecule has 2 aliphatic rings. The molecule has 0 heterocycles. The van der Waals surface area contributed by atoms with Crippen LogP contribution in [0.15, 0.2) is 0 Å². The maximum absolute atomic E-state index is 9.13. The normalized spacial score (nSPS) is 36.4. The summed E-state index contributed by atoms with van der Waals surface area (Å²) < 4.78 is 6.25. The first-order valence-corrected chi connectivity index (χ1v) is 8.51. The summed E-state index contributed by atoms with van der Waals surface area (Å²) in [6.07, 6.45) is 7.37. The lowest BCUT2D eigenvalue weighted by Crippen LogP contribution is -2.38. The Morgan fingerprint density at radius 2 is 2.05 bits per heavy atom. The fourth-order valence-electron chi connectivity index (χ4n) is 4.43. The second-order valence-electron chi connectivity index (χ2n) is 8.12. The maximum Gasteiger partial charge on any atom is 0.103 e. The van der Waals surface area contributed by atoms with Gasteiger partial charge in [0.05, 0.1) is 12.2 Å². The standard InChI is InChI=1S/C18H32N2O/c1-16(2)14-8-10-18(16,4)15(12-14)21-11-7-6-9-17(3,13-19)20-5/h14-15,20H,6-12H2,1-5H3. The number of hydrogen-bond donors (Lipinski definition) is 1. The lowest BCUT2D eigenvalue weighted by molar-refractivity contribution is -0.0476. The van der Waals surface area contributed by atoms with Crippen LogP contribution >= 0.6 is 0 Å². The average molecular weight is 292 g/mol. The first-order valence-electron chi connectivity index (χ1n) is 8.51. The van der Waals surface area contributed by atoms with Crippen LogP contribution in [0.2, 0.25) is 0 Å². The summed E-state index contributed by atoms with van der Waals surface area (Å²) in [4.78, 5) is 0. The van der Waals surface area contributed by atoms with Gasteiger partial charge in [-0.1, -0.05) is 20.8 Å². The van der Waals surface area contributed by atoms with Crippen molar-refractivity contribution in [2.75, 3.05) is 13.7 Å². The van der Waals surface area contributed by atoms with Gasteiger partial charge in [0.25, 0.3) is 0 Å². The number of nitrogens with zero attached hydrogens (tertiary/aromatic N) is 1. The van der Waals surface area contributed by atoms with E-state index in [9.17, 15) is 0 Å². The van der Waals surface area contributed by atoms with E-state index in [1.165, 1.54) is 19.3 Å². The van der Waals surface area contributed by atoms with Crippen molar-refractivity contribution in [1.29, 1.82) is 5.26 Å². The zero-order valence-electron chi connectivity index (χ0n) is 14.5. The van der Waals surface area contributed by atoms with Crippen molar-refractivity contribution in [2.24, 2.45) is 16.7 Å². The summed E-state index contributed by atoms with van der Waals surface area (Å²) in [5, 5.41) is 12.2. The van der Waals surface area contributed by atoms with Gasteiger partial charge in [-0.05, 0) is 69.2 Å². The summed E-state index contributed by atoms with van der Waals surface area (Å²) >= 11 is 0. The van der Waals surface area contributed by atoms with E-state index in [0.717, 1.165) is 31.8 Å². The Morgan fingerprint density at radius 3 is 2.52 bits per heavy atom. The van der Waals surface area contributed by atoms with Crippen molar-refractivity contribution in [3.05, 3.63) is 0 Å². The Labute approximate surface area is 130 Å². The molecule has 2 aliphatic carbocycles. The smallest absolute Gasteiger partial charge is 0.103 e. The topological polar surface area (TPSA) is 45.0 Å². The Balaban J connectivity index is 1.73. The van der Waals surface area contributed by atoms with Crippen molar-refractivity contribution in [1.82, 2.24) is 5.32 Å². The Hall–Kier alpha value is -0.590. The van der Waals surface area contributed by atoms with Crippen molar-refractivity contribution in [3.8, 4) is 6.07 Å². The quantitative estimate of drug-likeness (QED) is 0.724. The number of nitrogens with one attached hydrogen (secondary N) is 1. The molecule has 0 spiro atoms. The summed E-state index contributed by atoms with van der Waals surface area (Å²) in [5.74, 6) is 0.846. The molecular weight excluding hydrogens is 260 g/mol. The highest BCUT2D eigenvalue weighted by Gasteiger charge is 2.61. The van der Waals surface area contributed by atoms with Crippen LogP contribution in [0.3, 0.4) is 0 Å². The molecule has 0 radical (unpaired) electrons. The minimum Gasteiger partial charge on any atom is -0.378 e. The summed E-state index contributed by atoms with van der Waals surface area (Å²) in [5.41, 5.74) is 0.410. The number of rotatable bonds is 7. The van der Waals surface area contributed by atoms with Crippen LogP contribution in [0.1, 0.15) is 66.2 Å². The maximum atomic E-state index is 9.13. The second kappa shape index (κ2) is 5.89. The van der Waals surface area contributed by atoms with Gasteiger partial charge in [-0.2, -0.15) is 5.26 Å². The molecule has 0 amide bonds. The molecule has 2 fully saturated rings. The fourth-order valence-corrected chi connectivity index (χ4v) is 4.43. The molecule has 3 heteroatoms. The highest BCUT2D eigenvalue weighted by atomic mass is 16.5. The zero-order valence-corrected chi connectivity index (χ0v) is 14.5. The first-order chi connectivity index (χ1) is 9.79. The minimum atomic E-state index is -0.388. The highest BCUT2D eigenvalue weighted by molar-refractivity contribution is 5.11. The molecular formula is C18H32N2O. The lowest BCUT2D eigenvalue weighted by atomic mass is 9.70. The molecule has 2 rings (SSSR count). The van der Waals surface area contributed by atoms with Gasteiger partial charge in [0.1, 0.15) is 5.54 Å². The number of unbranched alkanes of at least 4 members (excludes halogenated alkanes) is 1. The van der Waals surface area contributed by atoms with Gasteiger partial charge in [-0.3, -0.25) is 0 Å². The van der Waals surface area contributed by atoms with Crippen molar-refractivity contribution >= 4 is 0 Å². The second-order valence-corrected chi connectivity index (χ2v) is 8.12. The monoisotopic (exact) mass is 292 g/mol. The third kappa shape index (κ3) is 2.85. The van der Waals surface area contributed by atoms with E-state index in [1.54, 1.807) is 0 Å². The molecule has 0 aromatic carbocycles. The van der Waals surface area contributed by atoms with Crippen LogP contribution in [0, 0.1) is 28.1 Å². The molecule has 4 atom stereocenters. The molecule has 2 saturated carbocycles. The van der Waals surface area contributed by atoms with Crippen LogP contribution in [0.4, 0.5) is 0 Å². The van der Waals surface area contributed by atoms with E-state index < -0.39 is 0 Å².